The van der Waals surface area contributed by atoms with E-state index in [1.165, 1.54) is 18.5 Å². The third-order valence-corrected chi connectivity index (χ3v) is 3.54. The van der Waals surface area contributed by atoms with Crippen molar-refractivity contribution in [3.63, 3.8) is 0 Å². The van der Waals surface area contributed by atoms with E-state index in [1.807, 2.05) is 0 Å². The zero-order chi connectivity index (χ0) is 15.2. The van der Waals surface area contributed by atoms with E-state index < -0.39 is 18.1 Å². The molecule has 2 amide bonds. The maximum atomic E-state index is 11.9. The second kappa shape index (κ2) is 7.03. The van der Waals surface area contributed by atoms with Gasteiger partial charge in [-0.15, -0.1) is 0 Å². The van der Waals surface area contributed by atoms with Crippen molar-refractivity contribution in [3.8, 4) is 0 Å². The van der Waals surface area contributed by atoms with Crippen molar-refractivity contribution in [1.82, 2.24) is 10.3 Å². The van der Waals surface area contributed by atoms with Gasteiger partial charge in [-0.2, -0.15) is 0 Å². The highest BCUT2D eigenvalue weighted by Crippen LogP contribution is 2.18. The molecule has 4 N–H and O–H groups in total. The van der Waals surface area contributed by atoms with Gasteiger partial charge in [0.05, 0.1) is 29.6 Å². The monoisotopic (exact) mass is 293 g/mol. The molecule has 7 heteroatoms. The lowest BCUT2D eigenvalue weighted by Crippen LogP contribution is -2.44. The number of aromatic nitrogens is 1. The number of rotatable bonds is 3. The molecule has 2 unspecified atom stereocenters. The first-order valence-corrected chi connectivity index (χ1v) is 7.00. The minimum atomic E-state index is -1.11. The van der Waals surface area contributed by atoms with Crippen LogP contribution in [0.4, 0.5) is 10.5 Å². The zero-order valence-corrected chi connectivity index (χ0v) is 11.6. The van der Waals surface area contributed by atoms with Crippen LogP contribution in [0, 0.1) is 0 Å². The van der Waals surface area contributed by atoms with E-state index in [-0.39, 0.29) is 11.6 Å². The SMILES string of the molecule is O=C(Nc1cncc(C(=O)O)c1)NC1CCCCCC1O. The lowest BCUT2D eigenvalue weighted by molar-refractivity contribution is 0.0696. The van der Waals surface area contributed by atoms with Gasteiger partial charge in [0.1, 0.15) is 0 Å². The molecule has 1 aliphatic carbocycles. The minimum absolute atomic E-state index is 0.00213. The van der Waals surface area contributed by atoms with Crippen LogP contribution in [0.1, 0.15) is 42.5 Å². The Balaban J connectivity index is 1.94. The van der Waals surface area contributed by atoms with Gasteiger partial charge in [-0.05, 0) is 18.9 Å². The van der Waals surface area contributed by atoms with Crippen molar-refractivity contribution in [2.24, 2.45) is 0 Å². The van der Waals surface area contributed by atoms with Crippen LogP contribution in [0.5, 0.6) is 0 Å². The zero-order valence-electron chi connectivity index (χ0n) is 11.6. The molecule has 114 valence electrons. The van der Waals surface area contributed by atoms with Crippen molar-refractivity contribution in [2.75, 3.05) is 5.32 Å². The summed E-state index contributed by atoms with van der Waals surface area (Å²) in [6.07, 6.45) is 6.45. The number of aromatic carboxylic acids is 1. The molecule has 2 rings (SSSR count). The molecular formula is C14H19N3O4. The van der Waals surface area contributed by atoms with Crippen LogP contribution in [-0.4, -0.2) is 39.3 Å². The van der Waals surface area contributed by atoms with Gasteiger partial charge in [0.25, 0.3) is 0 Å². The Labute approximate surface area is 122 Å². The highest BCUT2D eigenvalue weighted by molar-refractivity contribution is 5.92. The fraction of sp³-hybridized carbons (Fsp3) is 0.500. The van der Waals surface area contributed by atoms with E-state index in [0.717, 1.165) is 25.7 Å². The highest BCUT2D eigenvalue weighted by atomic mass is 16.4. The quantitative estimate of drug-likeness (QED) is 0.632. The minimum Gasteiger partial charge on any atom is -0.478 e. The number of aliphatic hydroxyl groups is 1. The van der Waals surface area contributed by atoms with Gasteiger partial charge in [-0.3, -0.25) is 4.98 Å². The lowest BCUT2D eigenvalue weighted by atomic mass is 10.1. The summed E-state index contributed by atoms with van der Waals surface area (Å²) in [6.45, 7) is 0. The summed E-state index contributed by atoms with van der Waals surface area (Å²) in [5.41, 5.74) is 0.304. The lowest BCUT2D eigenvalue weighted by Gasteiger charge is -2.21. The number of pyridine rings is 1. The molecule has 0 radical (unpaired) electrons. The smallest absolute Gasteiger partial charge is 0.337 e. The Morgan fingerprint density at radius 1 is 1.19 bits per heavy atom. The number of anilines is 1. The van der Waals surface area contributed by atoms with Crippen LogP contribution in [0.15, 0.2) is 18.5 Å². The van der Waals surface area contributed by atoms with Gasteiger partial charge in [-0.1, -0.05) is 19.3 Å². The third-order valence-electron chi connectivity index (χ3n) is 3.54. The van der Waals surface area contributed by atoms with Crippen LogP contribution >= 0.6 is 0 Å². The molecule has 1 aromatic rings. The number of carbonyl (C=O) groups excluding carboxylic acids is 1. The second-order valence-electron chi connectivity index (χ2n) is 5.18. The van der Waals surface area contributed by atoms with E-state index >= 15 is 0 Å². The van der Waals surface area contributed by atoms with E-state index in [1.54, 1.807) is 0 Å². The van der Waals surface area contributed by atoms with E-state index in [4.69, 9.17) is 5.11 Å². The molecule has 1 aromatic heterocycles. The number of hydrogen-bond donors (Lipinski definition) is 4. The van der Waals surface area contributed by atoms with Crippen LogP contribution in [0.3, 0.4) is 0 Å². The predicted molar refractivity (Wildman–Crippen MR) is 76.2 cm³/mol. The predicted octanol–water partition coefficient (Wildman–Crippen LogP) is 1.59. The Kier molecular flexibility index (Phi) is 5.10. The molecule has 21 heavy (non-hydrogen) atoms. The van der Waals surface area contributed by atoms with Gasteiger partial charge >= 0.3 is 12.0 Å². The van der Waals surface area contributed by atoms with Gasteiger partial charge in [0.2, 0.25) is 0 Å². The maximum Gasteiger partial charge on any atom is 0.337 e. The Bertz CT molecular complexity index is 521. The fourth-order valence-corrected chi connectivity index (χ4v) is 2.42. The molecule has 1 aliphatic rings. The number of carboxylic acids is 1. The van der Waals surface area contributed by atoms with Crippen molar-refractivity contribution in [3.05, 3.63) is 24.0 Å². The van der Waals surface area contributed by atoms with Gasteiger partial charge in [-0.25, -0.2) is 9.59 Å². The second-order valence-corrected chi connectivity index (χ2v) is 5.18. The molecule has 0 spiro atoms. The fourth-order valence-electron chi connectivity index (χ4n) is 2.42. The molecule has 1 heterocycles. The average molecular weight is 293 g/mol. The molecule has 0 aromatic carbocycles. The number of nitrogens with zero attached hydrogens (tertiary/aromatic N) is 1. The Hall–Kier alpha value is -2.15. The normalized spacial score (nSPS) is 22.1. The number of urea groups is 1. The summed E-state index contributed by atoms with van der Waals surface area (Å²) in [7, 11) is 0. The van der Waals surface area contributed by atoms with Crippen molar-refractivity contribution in [2.45, 2.75) is 44.2 Å². The standard InChI is InChI=1S/C14H19N3O4/c18-12-5-3-1-2-4-11(12)17-14(21)16-10-6-9(13(19)20)7-15-8-10/h6-8,11-12,18H,1-5H2,(H,19,20)(H2,16,17,21). The Morgan fingerprint density at radius 2 is 1.95 bits per heavy atom. The van der Waals surface area contributed by atoms with Crippen LogP contribution in [0.2, 0.25) is 0 Å². The first-order valence-electron chi connectivity index (χ1n) is 7.00. The topological polar surface area (TPSA) is 112 Å². The number of hydrogen-bond acceptors (Lipinski definition) is 4. The van der Waals surface area contributed by atoms with E-state index in [9.17, 15) is 14.7 Å². The van der Waals surface area contributed by atoms with Gasteiger partial charge < -0.3 is 20.8 Å². The molecule has 0 saturated heterocycles. The van der Waals surface area contributed by atoms with Gasteiger partial charge in [0.15, 0.2) is 0 Å². The summed E-state index contributed by atoms with van der Waals surface area (Å²) >= 11 is 0. The molecule has 0 aliphatic heterocycles. The number of carbonyl (C=O) groups is 2. The van der Waals surface area contributed by atoms with Crippen molar-refractivity contribution < 1.29 is 19.8 Å². The van der Waals surface area contributed by atoms with Crippen LogP contribution < -0.4 is 10.6 Å². The number of amides is 2. The average Bonchev–Trinajstić information content (AvgIpc) is 2.64. The first kappa shape index (κ1) is 15.2. The third kappa shape index (κ3) is 4.42. The highest BCUT2D eigenvalue weighted by Gasteiger charge is 2.23. The molecule has 0 bridgehead atoms. The summed E-state index contributed by atoms with van der Waals surface area (Å²) < 4.78 is 0. The molecular weight excluding hydrogens is 274 g/mol. The summed E-state index contributed by atoms with van der Waals surface area (Å²) in [5.74, 6) is -1.11. The largest absolute Gasteiger partial charge is 0.478 e. The number of nitrogens with one attached hydrogen (secondary N) is 2. The molecule has 2 atom stereocenters. The van der Waals surface area contributed by atoms with E-state index in [0.29, 0.717) is 12.1 Å². The number of carboxylic acid groups (broad SMARTS) is 1. The van der Waals surface area contributed by atoms with Gasteiger partial charge in [0, 0.05) is 6.20 Å². The van der Waals surface area contributed by atoms with Crippen LogP contribution in [0.25, 0.3) is 0 Å². The Morgan fingerprint density at radius 3 is 2.71 bits per heavy atom. The summed E-state index contributed by atoms with van der Waals surface area (Å²) in [5, 5.41) is 24.1. The first-order chi connectivity index (χ1) is 10.1. The maximum absolute atomic E-state index is 11.9. The summed E-state index contributed by atoms with van der Waals surface area (Å²) in [4.78, 5) is 26.5. The number of aliphatic hydroxyl groups excluding tert-OH is 1. The van der Waals surface area contributed by atoms with Crippen molar-refractivity contribution >= 4 is 17.7 Å². The molecule has 1 saturated carbocycles. The van der Waals surface area contributed by atoms with Crippen LogP contribution in [-0.2, 0) is 0 Å². The molecule has 7 nitrogen and oxygen atoms in total. The van der Waals surface area contributed by atoms with Crippen molar-refractivity contribution in [1.29, 1.82) is 0 Å². The van der Waals surface area contributed by atoms with E-state index in [2.05, 4.69) is 15.6 Å². The molecule has 1 fully saturated rings. The summed E-state index contributed by atoms with van der Waals surface area (Å²) in [6, 6.07) is 0.590.